The van der Waals surface area contributed by atoms with Crippen molar-refractivity contribution >= 4 is 6.01 Å². The van der Waals surface area contributed by atoms with Crippen LogP contribution in [0.5, 0.6) is 0 Å². The molecular weight excluding hydrogens is 362 g/mol. The van der Waals surface area contributed by atoms with Gasteiger partial charge in [-0.1, -0.05) is 69.2 Å². The summed E-state index contributed by atoms with van der Waals surface area (Å²) in [6.45, 7) is 6.43. The fourth-order valence-corrected chi connectivity index (χ4v) is 4.80. The zero-order valence-corrected chi connectivity index (χ0v) is 18.4. The molecular formula is C24H37N3O2. The zero-order valence-electron chi connectivity index (χ0n) is 18.4. The van der Waals surface area contributed by atoms with Gasteiger partial charge < -0.3 is 14.1 Å². The Morgan fingerprint density at radius 3 is 2.62 bits per heavy atom. The van der Waals surface area contributed by atoms with Crippen molar-refractivity contribution in [3.63, 3.8) is 0 Å². The largest absolute Gasteiger partial charge is 0.403 e. The maximum Gasteiger partial charge on any atom is 0.318 e. The summed E-state index contributed by atoms with van der Waals surface area (Å²) in [5.74, 6) is 1.21. The second-order valence-corrected chi connectivity index (χ2v) is 8.32. The maximum atomic E-state index is 6.23. The maximum absolute atomic E-state index is 6.23. The molecule has 0 saturated carbocycles. The molecule has 1 aromatic carbocycles. The summed E-state index contributed by atoms with van der Waals surface area (Å²) in [7, 11) is 1.91. The average Bonchev–Trinajstić information content (AvgIpc) is 3.16. The molecule has 2 heterocycles. The third-order valence-electron chi connectivity index (χ3n) is 6.59. The Balaban J connectivity index is 1.66. The molecule has 1 aromatic heterocycles. The number of methoxy groups -OCH3 is 1. The lowest BCUT2D eigenvalue weighted by molar-refractivity contribution is -0.0718. The summed E-state index contributed by atoms with van der Waals surface area (Å²) in [4.78, 5) is 2.24. The molecule has 0 N–H and O–H groups in total. The van der Waals surface area contributed by atoms with Crippen LogP contribution in [0.3, 0.4) is 0 Å². The van der Waals surface area contributed by atoms with Crippen molar-refractivity contribution in [2.24, 2.45) is 5.92 Å². The van der Waals surface area contributed by atoms with Gasteiger partial charge in [0.25, 0.3) is 0 Å². The van der Waals surface area contributed by atoms with Crippen molar-refractivity contribution < 1.29 is 9.15 Å². The van der Waals surface area contributed by atoms with Gasteiger partial charge in [0.15, 0.2) is 0 Å². The van der Waals surface area contributed by atoms with E-state index in [1.54, 1.807) is 0 Å². The standard InChI is InChI=1S/C24H37N3O2/c1-4-6-7-11-15-21(5-2)24(28-3)16-12-18-27(19-17-24)23-26-25-22(29-23)20-13-9-8-10-14-20/h8-10,13-14,21H,4-7,11-12,15-19H2,1-3H3. The van der Waals surface area contributed by atoms with Crippen molar-refractivity contribution in [2.45, 2.75) is 77.2 Å². The SMILES string of the molecule is CCCCCCC(CC)C1(OC)CCCN(c2nnc(-c3ccccc3)o2)CC1. The Bertz CT molecular complexity index is 718. The number of anilines is 1. The monoisotopic (exact) mass is 399 g/mol. The van der Waals surface area contributed by atoms with E-state index in [2.05, 4.69) is 28.9 Å². The van der Waals surface area contributed by atoms with E-state index in [0.29, 0.717) is 17.8 Å². The van der Waals surface area contributed by atoms with E-state index in [9.17, 15) is 0 Å². The topological polar surface area (TPSA) is 51.4 Å². The van der Waals surface area contributed by atoms with Gasteiger partial charge in [0.1, 0.15) is 0 Å². The number of unbranched alkanes of at least 4 members (excludes halogenated alkanes) is 3. The van der Waals surface area contributed by atoms with E-state index in [4.69, 9.17) is 9.15 Å². The number of nitrogens with zero attached hydrogens (tertiary/aromatic N) is 3. The predicted octanol–water partition coefficient (Wildman–Crippen LogP) is 6.11. The van der Waals surface area contributed by atoms with Gasteiger partial charge in [0.05, 0.1) is 5.60 Å². The van der Waals surface area contributed by atoms with Gasteiger partial charge in [0, 0.05) is 25.8 Å². The van der Waals surface area contributed by atoms with Gasteiger partial charge >= 0.3 is 6.01 Å². The predicted molar refractivity (Wildman–Crippen MR) is 118 cm³/mol. The molecule has 160 valence electrons. The molecule has 1 aliphatic heterocycles. The summed E-state index contributed by atoms with van der Waals surface area (Å²) < 4.78 is 12.2. The lowest BCUT2D eigenvalue weighted by atomic mass is 9.77. The number of hydrogen-bond donors (Lipinski definition) is 0. The minimum atomic E-state index is -0.0298. The molecule has 1 saturated heterocycles. The Hall–Kier alpha value is -1.88. The van der Waals surface area contributed by atoms with Crippen molar-refractivity contribution in [3.05, 3.63) is 30.3 Å². The second kappa shape index (κ2) is 10.8. The minimum absolute atomic E-state index is 0.0298. The van der Waals surface area contributed by atoms with Gasteiger partial charge in [-0.25, -0.2) is 0 Å². The third kappa shape index (κ3) is 5.39. The van der Waals surface area contributed by atoms with Crippen molar-refractivity contribution in [2.75, 3.05) is 25.1 Å². The molecule has 5 heteroatoms. The molecule has 29 heavy (non-hydrogen) atoms. The van der Waals surface area contributed by atoms with Crippen LogP contribution in [0, 0.1) is 5.92 Å². The van der Waals surface area contributed by atoms with Crippen molar-refractivity contribution in [1.82, 2.24) is 10.2 Å². The zero-order chi connectivity index (χ0) is 20.5. The van der Waals surface area contributed by atoms with E-state index in [1.807, 2.05) is 37.4 Å². The molecule has 1 fully saturated rings. The molecule has 1 aliphatic rings. The van der Waals surface area contributed by atoms with Crippen LogP contribution in [0.1, 0.15) is 71.6 Å². The fraction of sp³-hybridized carbons (Fsp3) is 0.667. The van der Waals surface area contributed by atoms with E-state index >= 15 is 0 Å². The van der Waals surface area contributed by atoms with Gasteiger partial charge in [-0.2, -0.15) is 0 Å². The number of ether oxygens (including phenoxy) is 1. The first-order valence-corrected chi connectivity index (χ1v) is 11.4. The Morgan fingerprint density at radius 2 is 1.90 bits per heavy atom. The van der Waals surface area contributed by atoms with Crippen molar-refractivity contribution in [1.29, 1.82) is 0 Å². The molecule has 2 aromatic rings. The summed E-state index contributed by atoms with van der Waals surface area (Å²) in [5.41, 5.74) is 0.934. The van der Waals surface area contributed by atoms with E-state index in [0.717, 1.165) is 37.9 Å². The molecule has 3 rings (SSSR count). The first-order chi connectivity index (χ1) is 14.2. The fourth-order valence-electron chi connectivity index (χ4n) is 4.80. The highest BCUT2D eigenvalue weighted by Crippen LogP contribution is 2.39. The molecule has 0 spiro atoms. The van der Waals surface area contributed by atoms with E-state index < -0.39 is 0 Å². The summed E-state index contributed by atoms with van der Waals surface area (Å²) >= 11 is 0. The minimum Gasteiger partial charge on any atom is -0.403 e. The Labute approximate surface area is 175 Å². The molecule has 0 aliphatic carbocycles. The molecule has 0 radical (unpaired) electrons. The van der Waals surface area contributed by atoms with Crippen LogP contribution >= 0.6 is 0 Å². The Kier molecular flexibility index (Phi) is 8.10. The second-order valence-electron chi connectivity index (χ2n) is 8.32. The molecule has 2 atom stereocenters. The highest BCUT2D eigenvalue weighted by atomic mass is 16.5. The molecule has 0 amide bonds. The molecule has 2 unspecified atom stereocenters. The van der Waals surface area contributed by atoms with Gasteiger partial charge in [-0.05, 0) is 43.7 Å². The first kappa shape index (κ1) is 21.8. The molecule has 0 bridgehead atoms. The van der Waals surface area contributed by atoms with E-state index in [1.165, 1.54) is 38.5 Å². The van der Waals surface area contributed by atoms with Gasteiger partial charge in [0.2, 0.25) is 5.89 Å². The lowest BCUT2D eigenvalue weighted by Gasteiger charge is -2.39. The normalized spacial score (nSPS) is 21.1. The summed E-state index contributed by atoms with van der Waals surface area (Å²) in [6, 6.07) is 10.6. The number of aromatic nitrogens is 2. The summed E-state index contributed by atoms with van der Waals surface area (Å²) in [6.07, 6.45) is 10.9. The van der Waals surface area contributed by atoms with Gasteiger partial charge in [-0.3, -0.25) is 0 Å². The van der Waals surface area contributed by atoms with Crippen LogP contribution in [0.15, 0.2) is 34.7 Å². The summed E-state index contributed by atoms with van der Waals surface area (Å²) in [5, 5.41) is 8.60. The van der Waals surface area contributed by atoms with Gasteiger partial charge in [-0.15, -0.1) is 5.10 Å². The lowest BCUT2D eigenvalue weighted by Crippen LogP contribution is -2.41. The van der Waals surface area contributed by atoms with Crippen LogP contribution in [-0.2, 0) is 4.74 Å². The highest BCUT2D eigenvalue weighted by Gasteiger charge is 2.39. The molecule has 5 nitrogen and oxygen atoms in total. The van der Waals surface area contributed by atoms with E-state index in [-0.39, 0.29) is 5.60 Å². The third-order valence-corrected chi connectivity index (χ3v) is 6.59. The first-order valence-electron chi connectivity index (χ1n) is 11.4. The number of benzene rings is 1. The van der Waals surface area contributed by atoms with Crippen molar-refractivity contribution in [3.8, 4) is 11.5 Å². The number of hydrogen-bond acceptors (Lipinski definition) is 5. The smallest absolute Gasteiger partial charge is 0.318 e. The highest BCUT2D eigenvalue weighted by molar-refractivity contribution is 5.53. The van der Waals surface area contributed by atoms with Crippen LogP contribution in [0.4, 0.5) is 6.01 Å². The quantitative estimate of drug-likeness (QED) is 0.451. The van der Waals surface area contributed by atoms with Crippen LogP contribution in [0.25, 0.3) is 11.5 Å². The Morgan fingerprint density at radius 1 is 1.07 bits per heavy atom. The number of rotatable bonds is 10. The van der Waals surface area contributed by atoms with Crippen LogP contribution in [-0.4, -0.2) is 36.0 Å². The average molecular weight is 400 g/mol. The van der Waals surface area contributed by atoms with Crippen LogP contribution < -0.4 is 4.90 Å². The van der Waals surface area contributed by atoms with Crippen LogP contribution in [0.2, 0.25) is 0 Å².